The van der Waals surface area contributed by atoms with Gasteiger partial charge >= 0.3 is 5.97 Å². The number of aliphatic hydroxyl groups excluding tert-OH is 1. The first-order valence-electron chi connectivity index (χ1n) is 9.83. The first-order valence-corrected chi connectivity index (χ1v) is 10.6. The molecule has 1 saturated heterocycles. The lowest BCUT2D eigenvalue weighted by atomic mass is 9.95. The molecule has 8 heteroatoms. The Morgan fingerprint density at radius 1 is 0.909 bits per heavy atom. The largest absolute Gasteiger partial charge is 0.507 e. The van der Waals surface area contributed by atoms with Crippen molar-refractivity contribution in [1.82, 2.24) is 0 Å². The molecule has 1 amide bonds. The van der Waals surface area contributed by atoms with E-state index in [0.717, 1.165) is 0 Å². The van der Waals surface area contributed by atoms with Crippen LogP contribution in [0.1, 0.15) is 27.5 Å². The number of hydrogen-bond donors (Lipinski definition) is 1. The van der Waals surface area contributed by atoms with Gasteiger partial charge in [-0.1, -0.05) is 59.6 Å². The number of halogens is 2. The van der Waals surface area contributed by atoms with Crippen molar-refractivity contribution >= 4 is 52.3 Å². The summed E-state index contributed by atoms with van der Waals surface area (Å²) >= 11 is 12.1. The summed E-state index contributed by atoms with van der Waals surface area (Å²) in [5.41, 5.74) is 1.26. The second kappa shape index (κ2) is 9.10. The van der Waals surface area contributed by atoms with Crippen molar-refractivity contribution in [3.63, 3.8) is 0 Å². The van der Waals surface area contributed by atoms with E-state index in [2.05, 4.69) is 0 Å². The van der Waals surface area contributed by atoms with Gasteiger partial charge < -0.3 is 9.84 Å². The molecule has 1 N–H and O–H groups in total. The molecule has 33 heavy (non-hydrogen) atoms. The lowest BCUT2D eigenvalue weighted by molar-refractivity contribution is -0.132. The number of ketones is 1. The Bertz CT molecular complexity index is 1300. The summed E-state index contributed by atoms with van der Waals surface area (Å²) in [5, 5.41) is 11.6. The number of Topliss-reactive ketones (excluding diaryl/α,β-unsaturated/α-hetero) is 1. The fourth-order valence-electron chi connectivity index (χ4n) is 3.75. The van der Waals surface area contributed by atoms with Crippen LogP contribution in [0.5, 0.6) is 0 Å². The van der Waals surface area contributed by atoms with Gasteiger partial charge in [-0.3, -0.25) is 14.5 Å². The molecule has 6 nitrogen and oxygen atoms in total. The minimum Gasteiger partial charge on any atom is -0.507 e. The van der Waals surface area contributed by atoms with Gasteiger partial charge in [0.25, 0.3) is 11.7 Å². The van der Waals surface area contributed by atoms with Crippen molar-refractivity contribution < 1.29 is 24.2 Å². The molecule has 1 unspecified atom stereocenters. The van der Waals surface area contributed by atoms with Gasteiger partial charge in [-0.15, -0.1) is 0 Å². The van der Waals surface area contributed by atoms with E-state index in [0.29, 0.717) is 11.3 Å². The first kappa shape index (κ1) is 22.6. The van der Waals surface area contributed by atoms with Crippen LogP contribution in [-0.4, -0.2) is 29.9 Å². The van der Waals surface area contributed by atoms with Crippen LogP contribution < -0.4 is 4.90 Å². The molecule has 3 aromatic carbocycles. The average molecular weight is 482 g/mol. The van der Waals surface area contributed by atoms with Crippen LogP contribution in [-0.2, 0) is 14.3 Å². The average Bonchev–Trinajstić information content (AvgIpc) is 3.11. The van der Waals surface area contributed by atoms with Crippen molar-refractivity contribution in [3.8, 4) is 0 Å². The predicted molar refractivity (Wildman–Crippen MR) is 125 cm³/mol. The molecule has 0 aromatic heterocycles. The highest BCUT2D eigenvalue weighted by Crippen LogP contribution is 2.42. The fourth-order valence-corrected chi connectivity index (χ4v) is 4.05. The number of rotatable bonds is 4. The summed E-state index contributed by atoms with van der Waals surface area (Å²) in [7, 11) is 1.25. The molecule has 0 aliphatic carbocycles. The molecule has 1 atom stereocenters. The lowest BCUT2D eigenvalue weighted by Gasteiger charge is -2.25. The zero-order chi connectivity index (χ0) is 23.7. The maximum absolute atomic E-state index is 13.2. The Morgan fingerprint density at radius 3 is 2.30 bits per heavy atom. The van der Waals surface area contributed by atoms with E-state index in [9.17, 15) is 19.5 Å². The fraction of sp³-hybridized carbons (Fsp3) is 0.0800. The molecule has 0 saturated carbocycles. The van der Waals surface area contributed by atoms with Crippen molar-refractivity contribution in [1.29, 1.82) is 0 Å². The zero-order valence-corrected chi connectivity index (χ0v) is 18.8. The van der Waals surface area contributed by atoms with E-state index in [1.807, 2.05) is 0 Å². The van der Waals surface area contributed by atoms with Crippen LogP contribution in [0.2, 0.25) is 10.0 Å². The first-order chi connectivity index (χ1) is 15.8. The maximum Gasteiger partial charge on any atom is 0.337 e. The number of ether oxygens (including phenoxy) is 1. The van der Waals surface area contributed by atoms with E-state index < -0.39 is 23.7 Å². The Balaban J connectivity index is 1.93. The van der Waals surface area contributed by atoms with Gasteiger partial charge in [0.05, 0.1) is 34.3 Å². The van der Waals surface area contributed by atoms with Gasteiger partial charge in [-0.25, -0.2) is 4.79 Å². The number of hydrogen-bond acceptors (Lipinski definition) is 5. The van der Waals surface area contributed by atoms with Crippen molar-refractivity contribution in [2.24, 2.45) is 0 Å². The molecule has 1 heterocycles. The number of aliphatic hydroxyl groups is 1. The number of benzene rings is 3. The molecule has 1 fully saturated rings. The normalized spacial score (nSPS) is 17.3. The monoisotopic (exact) mass is 481 g/mol. The smallest absolute Gasteiger partial charge is 0.337 e. The van der Waals surface area contributed by atoms with Gasteiger partial charge in [0.15, 0.2) is 0 Å². The maximum atomic E-state index is 13.2. The minimum absolute atomic E-state index is 0.104. The van der Waals surface area contributed by atoms with Crippen LogP contribution >= 0.6 is 23.2 Å². The van der Waals surface area contributed by atoms with E-state index in [1.54, 1.807) is 48.5 Å². The van der Waals surface area contributed by atoms with Gasteiger partial charge in [-0.05, 0) is 42.0 Å². The summed E-state index contributed by atoms with van der Waals surface area (Å²) in [4.78, 5) is 39.6. The van der Waals surface area contributed by atoms with Crippen LogP contribution in [0.3, 0.4) is 0 Å². The van der Waals surface area contributed by atoms with Crippen LogP contribution in [0, 0.1) is 0 Å². The molecule has 0 spiro atoms. The number of nitrogens with zero attached hydrogens (tertiary/aromatic N) is 1. The summed E-state index contributed by atoms with van der Waals surface area (Å²) in [6.45, 7) is 0. The van der Waals surface area contributed by atoms with Crippen molar-refractivity contribution in [3.05, 3.63) is 105 Å². The van der Waals surface area contributed by atoms with Gasteiger partial charge in [0.2, 0.25) is 0 Å². The molecule has 4 rings (SSSR count). The molecule has 0 bridgehead atoms. The lowest BCUT2D eigenvalue weighted by Crippen LogP contribution is -2.29. The Morgan fingerprint density at radius 2 is 1.64 bits per heavy atom. The number of anilines is 1. The Kier molecular flexibility index (Phi) is 6.22. The third-order valence-corrected chi connectivity index (χ3v) is 6.04. The minimum atomic E-state index is -0.937. The second-order valence-corrected chi connectivity index (χ2v) is 8.06. The molecule has 1 aliphatic heterocycles. The molecule has 3 aromatic rings. The molecule has 0 radical (unpaired) electrons. The van der Waals surface area contributed by atoms with E-state index >= 15 is 0 Å². The number of amides is 1. The highest BCUT2D eigenvalue weighted by Gasteiger charge is 2.47. The highest BCUT2D eigenvalue weighted by atomic mass is 35.5. The zero-order valence-electron chi connectivity index (χ0n) is 17.3. The number of carbonyl (C=O) groups is 3. The molecular weight excluding hydrogens is 465 g/mol. The van der Waals surface area contributed by atoms with Crippen LogP contribution in [0.15, 0.2) is 78.4 Å². The number of methoxy groups -OCH3 is 1. The van der Waals surface area contributed by atoms with Gasteiger partial charge in [0.1, 0.15) is 5.76 Å². The van der Waals surface area contributed by atoms with Crippen molar-refractivity contribution in [2.45, 2.75) is 6.04 Å². The summed E-state index contributed by atoms with van der Waals surface area (Å²) in [6.07, 6.45) is 0. The Labute approximate surface area is 199 Å². The second-order valence-electron chi connectivity index (χ2n) is 7.25. The molecule has 1 aliphatic rings. The van der Waals surface area contributed by atoms with Gasteiger partial charge in [0, 0.05) is 11.3 Å². The summed E-state index contributed by atoms with van der Waals surface area (Å²) < 4.78 is 4.77. The third-order valence-electron chi connectivity index (χ3n) is 5.30. The van der Waals surface area contributed by atoms with Crippen molar-refractivity contribution in [2.75, 3.05) is 12.0 Å². The van der Waals surface area contributed by atoms with E-state index in [-0.39, 0.29) is 32.5 Å². The topological polar surface area (TPSA) is 83.9 Å². The number of carbonyl (C=O) groups excluding carboxylic acids is 3. The molecular formula is C25H17Cl2NO5. The highest BCUT2D eigenvalue weighted by molar-refractivity contribution is 6.51. The standard InChI is InChI=1S/C25H17Cl2NO5/c1-33-25(32)16-8-5-9-17(12-16)28-21(14-6-3-2-4-7-14)20(23(30)24(28)31)22(29)15-10-11-18(26)19(27)13-15/h2-13,21,29H,1H3/b22-20+. The molecule has 166 valence electrons. The Hall–Kier alpha value is -3.61. The van der Waals surface area contributed by atoms with Crippen LogP contribution in [0.25, 0.3) is 5.76 Å². The predicted octanol–water partition coefficient (Wildman–Crippen LogP) is 5.41. The summed E-state index contributed by atoms with van der Waals surface area (Å²) in [5.74, 6) is -2.67. The van der Waals surface area contributed by atoms with E-state index in [1.165, 1.54) is 36.3 Å². The third kappa shape index (κ3) is 4.11. The number of esters is 1. The van der Waals surface area contributed by atoms with E-state index in [4.69, 9.17) is 27.9 Å². The van der Waals surface area contributed by atoms with Crippen LogP contribution in [0.4, 0.5) is 5.69 Å². The quantitative estimate of drug-likeness (QED) is 0.233. The summed E-state index contributed by atoms with van der Waals surface area (Å²) in [6, 6.07) is 18.5. The SMILES string of the molecule is COC(=O)c1cccc(N2C(=O)C(=O)/C(=C(/O)c3ccc(Cl)c(Cl)c3)C2c2ccccc2)c1. The van der Waals surface area contributed by atoms with Gasteiger partial charge in [-0.2, -0.15) is 0 Å².